The lowest BCUT2D eigenvalue weighted by Gasteiger charge is -2.33. The van der Waals surface area contributed by atoms with Gasteiger partial charge in [-0.15, -0.1) is 0 Å². The van der Waals surface area contributed by atoms with E-state index in [1.165, 1.54) is 12.8 Å². The van der Waals surface area contributed by atoms with Crippen LogP contribution >= 0.6 is 0 Å². The number of hydrogen-bond acceptors (Lipinski definition) is 6. The summed E-state index contributed by atoms with van der Waals surface area (Å²) in [5.41, 5.74) is 0.590. The summed E-state index contributed by atoms with van der Waals surface area (Å²) in [6.45, 7) is 2.14. The van der Waals surface area contributed by atoms with E-state index < -0.39 is 0 Å². The maximum absolute atomic E-state index is 12.8. The Labute approximate surface area is 152 Å². The number of piperidine rings is 1. The first kappa shape index (κ1) is 17.1. The van der Waals surface area contributed by atoms with Crippen molar-refractivity contribution in [1.29, 1.82) is 0 Å². The normalized spacial score (nSPS) is 20.3. The molecule has 2 aromatic rings. The van der Waals surface area contributed by atoms with Crippen LogP contribution in [0.25, 0.3) is 0 Å². The largest absolute Gasteiger partial charge is 0.381 e. The molecular weight excluding hydrogens is 332 g/mol. The van der Waals surface area contributed by atoms with Crippen molar-refractivity contribution < 1.29 is 14.1 Å². The highest BCUT2D eigenvalue weighted by molar-refractivity contribution is 5.94. The Morgan fingerprint density at radius 3 is 3.04 bits per heavy atom. The number of carbonyl (C=O) groups is 1. The van der Waals surface area contributed by atoms with E-state index in [0.29, 0.717) is 36.9 Å². The third-order valence-electron chi connectivity index (χ3n) is 4.96. The minimum atomic E-state index is -0.162. The second kappa shape index (κ2) is 7.95. The summed E-state index contributed by atoms with van der Waals surface area (Å²) in [6, 6.07) is 3.40. The summed E-state index contributed by atoms with van der Waals surface area (Å²) >= 11 is 0. The molecule has 0 aromatic carbocycles. The number of aromatic nitrogens is 3. The molecule has 2 aliphatic rings. The molecule has 1 saturated carbocycles. The topological polar surface area (TPSA) is 81.4 Å². The summed E-state index contributed by atoms with van der Waals surface area (Å²) in [4.78, 5) is 23.3. The third-order valence-corrected chi connectivity index (χ3v) is 4.96. The van der Waals surface area contributed by atoms with Crippen molar-refractivity contribution in [2.75, 3.05) is 19.8 Å². The zero-order valence-corrected chi connectivity index (χ0v) is 14.8. The van der Waals surface area contributed by atoms with Gasteiger partial charge in [0.2, 0.25) is 5.89 Å². The lowest BCUT2D eigenvalue weighted by Crippen LogP contribution is -2.38. The van der Waals surface area contributed by atoms with E-state index in [4.69, 9.17) is 9.26 Å². The second-order valence-electron chi connectivity index (χ2n) is 7.07. The number of ether oxygens (including phenoxy) is 1. The van der Waals surface area contributed by atoms with Crippen molar-refractivity contribution in [2.45, 2.75) is 44.6 Å². The first-order valence-corrected chi connectivity index (χ1v) is 9.42. The number of hydrogen-bond donors (Lipinski definition) is 0. The van der Waals surface area contributed by atoms with Gasteiger partial charge < -0.3 is 14.2 Å². The van der Waals surface area contributed by atoms with Gasteiger partial charge in [0.15, 0.2) is 5.82 Å². The maximum Gasteiger partial charge on any atom is 0.256 e. The molecule has 138 valence electrons. The van der Waals surface area contributed by atoms with Crippen LogP contribution in [0.3, 0.4) is 0 Å². The molecule has 2 aromatic heterocycles. The molecule has 1 unspecified atom stereocenters. The number of rotatable bonds is 7. The van der Waals surface area contributed by atoms with Gasteiger partial charge in [0, 0.05) is 32.0 Å². The highest BCUT2D eigenvalue weighted by Gasteiger charge is 2.32. The fourth-order valence-electron chi connectivity index (χ4n) is 3.29. The van der Waals surface area contributed by atoms with E-state index in [1.54, 1.807) is 24.5 Å². The molecule has 0 spiro atoms. The van der Waals surface area contributed by atoms with Gasteiger partial charge in [0.05, 0.1) is 12.2 Å². The van der Waals surface area contributed by atoms with E-state index in [-0.39, 0.29) is 11.9 Å². The number of pyridine rings is 1. The number of carbonyl (C=O) groups excluding carboxylic acids is 1. The molecular formula is C19H24N4O3. The van der Waals surface area contributed by atoms with Crippen LogP contribution in [-0.4, -0.2) is 45.7 Å². The van der Waals surface area contributed by atoms with Crippen LogP contribution in [0.2, 0.25) is 0 Å². The standard InChI is InChI=1S/C19H24N4O3/c24-19(15-4-3-9-20-12-15)23-10-2-1-5-16(23)18-21-17(22-26-18)8-11-25-13-14-6-7-14/h3-4,9,12,14,16H,1-2,5-8,10-11,13H2. The molecule has 1 amide bonds. The molecule has 7 nitrogen and oxygen atoms in total. The average molecular weight is 356 g/mol. The van der Waals surface area contributed by atoms with Crippen LogP contribution in [-0.2, 0) is 11.2 Å². The van der Waals surface area contributed by atoms with Crippen LogP contribution in [0.5, 0.6) is 0 Å². The SMILES string of the molecule is O=C(c1cccnc1)N1CCCCC1c1nc(CCOCC2CC2)no1. The van der Waals surface area contributed by atoms with Crippen molar-refractivity contribution in [3.05, 3.63) is 41.8 Å². The Balaban J connectivity index is 1.40. The first-order valence-electron chi connectivity index (χ1n) is 9.42. The highest BCUT2D eigenvalue weighted by atomic mass is 16.5. The van der Waals surface area contributed by atoms with Crippen LogP contribution in [0.4, 0.5) is 0 Å². The minimum absolute atomic E-state index is 0.0321. The van der Waals surface area contributed by atoms with Gasteiger partial charge in [-0.1, -0.05) is 5.16 Å². The van der Waals surface area contributed by atoms with Crippen LogP contribution in [0, 0.1) is 5.92 Å². The fraction of sp³-hybridized carbons (Fsp3) is 0.579. The lowest BCUT2D eigenvalue weighted by atomic mass is 10.0. The highest BCUT2D eigenvalue weighted by Crippen LogP contribution is 2.31. The van der Waals surface area contributed by atoms with Gasteiger partial charge in [-0.3, -0.25) is 9.78 Å². The zero-order chi connectivity index (χ0) is 17.8. The summed E-state index contributed by atoms with van der Waals surface area (Å²) < 4.78 is 11.1. The molecule has 26 heavy (non-hydrogen) atoms. The minimum Gasteiger partial charge on any atom is -0.381 e. The summed E-state index contributed by atoms with van der Waals surface area (Å²) in [7, 11) is 0. The van der Waals surface area contributed by atoms with Crippen molar-refractivity contribution in [1.82, 2.24) is 20.0 Å². The Morgan fingerprint density at radius 2 is 2.23 bits per heavy atom. The molecule has 1 aliphatic carbocycles. The van der Waals surface area contributed by atoms with Gasteiger partial charge >= 0.3 is 0 Å². The molecule has 0 N–H and O–H groups in total. The predicted octanol–water partition coefficient (Wildman–Crippen LogP) is 2.80. The number of likely N-dealkylation sites (tertiary alicyclic amines) is 1. The Hall–Kier alpha value is -2.28. The third kappa shape index (κ3) is 4.09. The second-order valence-corrected chi connectivity index (χ2v) is 7.07. The van der Waals surface area contributed by atoms with Gasteiger partial charge in [-0.2, -0.15) is 4.98 Å². The van der Waals surface area contributed by atoms with Gasteiger partial charge in [-0.25, -0.2) is 0 Å². The molecule has 7 heteroatoms. The van der Waals surface area contributed by atoms with Gasteiger partial charge in [0.25, 0.3) is 5.91 Å². The fourth-order valence-corrected chi connectivity index (χ4v) is 3.29. The first-order chi connectivity index (χ1) is 12.8. The number of nitrogens with zero attached hydrogens (tertiary/aromatic N) is 4. The Bertz CT molecular complexity index is 729. The quantitative estimate of drug-likeness (QED) is 0.710. The molecule has 2 fully saturated rings. The van der Waals surface area contributed by atoms with Crippen molar-refractivity contribution in [3.8, 4) is 0 Å². The number of amides is 1. The van der Waals surface area contributed by atoms with Gasteiger partial charge in [0.1, 0.15) is 6.04 Å². The van der Waals surface area contributed by atoms with Gasteiger partial charge in [-0.05, 0) is 50.2 Å². The lowest BCUT2D eigenvalue weighted by molar-refractivity contribution is 0.0561. The van der Waals surface area contributed by atoms with Crippen LogP contribution in [0.1, 0.15) is 60.2 Å². The smallest absolute Gasteiger partial charge is 0.256 e. The monoisotopic (exact) mass is 356 g/mol. The van der Waals surface area contributed by atoms with E-state index in [1.807, 2.05) is 4.90 Å². The van der Waals surface area contributed by atoms with E-state index in [9.17, 15) is 4.79 Å². The van der Waals surface area contributed by atoms with Crippen LogP contribution < -0.4 is 0 Å². The van der Waals surface area contributed by atoms with E-state index in [2.05, 4.69) is 15.1 Å². The molecule has 1 atom stereocenters. The van der Waals surface area contributed by atoms with Crippen molar-refractivity contribution in [2.24, 2.45) is 5.92 Å². The summed E-state index contributed by atoms with van der Waals surface area (Å²) in [5.74, 6) is 1.90. The zero-order valence-electron chi connectivity index (χ0n) is 14.8. The summed E-state index contributed by atoms with van der Waals surface area (Å²) in [5, 5.41) is 4.07. The molecule has 0 bridgehead atoms. The molecule has 4 rings (SSSR count). The molecule has 1 aliphatic heterocycles. The molecule has 1 saturated heterocycles. The van der Waals surface area contributed by atoms with Crippen LogP contribution in [0.15, 0.2) is 29.0 Å². The van der Waals surface area contributed by atoms with Crippen molar-refractivity contribution >= 4 is 5.91 Å². The van der Waals surface area contributed by atoms with E-state index in [0.717, 1.165) is 31.8 Å². The summed E-state index contributed by atoms with van der Waals surface area (Å²) in [6.07, 6.45) is 9.35. The maximum atomic E-state index is 12.8. The molecule has 0 radical (unpaired) electrons. The Kier molecular flexibility index (Phi) is 5.24. The average Bonchev–Trinajstić information content (AvgIpc) is 3.41. The predicted molar refractivity (Wildman–Crippen MR) is 93.4 cm³/mol. The van der Waals surface area contributed by atoms with E-state index >= 15 is 0 Å². The Morgan fingerprint density at radius 1 is 1.31 bits per heavy atom. The molecule has 3 heterocycles. The van der Waals surface area contributed by atoms with Crippen molar-refractivity contribution in [3.63, 3.8) is 0 Å².